The highest BCUT2D eigenvalue weighted by Gasteiger charge is 2.68. The average molecular weight is 424 g/mol. The molecule has 4 atom stereocenters. The lowest BCUT2D eigenvalue weighted by atomic mass is 9.75. The number of carbonyl (C=O) groups is 3. The van der Waals surface area contributed by atoms with Gasteiger partial charge in [-0.05, 0) is 42.2 Å². The number of phenolic OH excluding ortho intramolecular Hbond substituents is 2. The summed E-state index contributed by atoms with van der Waals surface area (Å²) in [5.41, 5.74) is -0.830. The summed E-state index contributed by atoms with van der Waals surface area (Å²) in [6.07, 6.45) is 0.145. The molecule has 8 nitrogen and oxygen atoms in total. The van der Waals surface area contributed by atoms with Crippen molar-refractivity contribution in [2.45, 2.75) is 31.8 Å². The molecule has 0 bridgehead atoms. The molecule has 2 amide bonds. The number of anilines is 1. The summed E-state index contributed by atoms with van der Waals surface area (Å²) in [5, 5.41) is 33.0. The number of aliphatic carboxylic acids is 1. The van der Waals surface area contributed by atoms with Gasteiger partial charge in [-0.15, -0.1) is 0 Å². The summed E-state index contributed by atoms with van der Waals surface area (Å²) in [5.74, 6) is -5.09. The SMILES string of the molecule is CC(C)CC1(C(=O)O)NC(c2ccc(O)c(O)c2)C2C(=O)N(c3ccccc3)C(=O)C21. The van der Waals surface area contributed by atoms with Crippen LogP contribution in [0.3, 0.4) is 0 Å². The van der Waals surface area contributed by atoms with Crippen LogP contribution in [0.4, 0.5) is 5.69 Å². The van der Waals surface area contributed by atoms with E-state index in [4.69, 9.17) is 0 Å². The fourth-order valence-corrected chi connectivity index (χ4v) is 4.97. The molecule has 2 aliphatic heterocycles. The number of imide groups is 1. The topological polar surface area (TPSA) is 127 Å². The van der Waals surface area contributed by atoms with Crippen molar-refractivity contribution in [3.8, 4) is 11.5 Å². The van der Waals surface area contributed by atoms with Crippen molar-refractivity contribution >= 4 is 23.5 Å². The first kappa shape index (κ1) is 20.9. The molecule has 4 unspecified atom stereocenters. The summed E-state index contributed by atoms with van der Waals surface area (Å²) >= 11 is 0. The Kier molecular flexibility index (Phi) is 4.97. The van der Waals surface area contributed by atoms with Crippen molar-refractivity contribution in [1.82, 2.24) is 5.32 Å². The van der Waals surface area contributed by atoms with Gasteiger partial charge in [0.15, 0.2) is 11.5 Å². The zero-order chi connectivity index (χ0) is 22.5. The number of benzene rings is 2. The van der Waals surface area contributed by atoms with E-state index in [1.165, 1.54) is 18.2 Å². The van der Waals surface area contributed by atoms with Gasteiger partial charge in [-0.25, -0.2) is 4.90 Å². The molecule has 0 radical (unpaired) electrons. The molecule has 162 valence electrons. The van der Waals surface area contributed by atoms with Crippen molar-refractivity contribution in [3.05, 3.63) is 54.1 Å². The first-order valence-corrected chi connectivity index (χ1v) is 10.1. The van der Waals surface area contributed by atoms with Crippen molar-refractivity contribution < 1.29 is 29.7 Å². The number of rotatable bonds is 5. The molecule has 2 aliphatic rings. The predicted molar refractivity (Wildman–Crippen MR) is 111 cm³/mol. The third-order valence-corrected chi connectivity index (χ3v) is 6.14. The number of nitrogens with one attached hydrogen (secondary N) is 1. The molecule has 2 fully saturated rings. The lowest BCUT2D eigenvalue weighted by molar-refractivity contribution is -0.149. The van der Waals surface area contributed by atoms with E-state index in [2.05, 4.69) is 5.32 Å². The Bertz CT molecular complexity index is 1050. The monoisotopic (exact) mass is 424 g/mol. The van der Waals surface area contributed by atoms with Crippen molar-refractivity contribution in [3.63, 3.8) is 0 Å². The van der Waals surface area contributed by atoms with Crippen LogP contribution >= 0.6 is 0 Å². The Morgan fingerprint density at radius 3 is 2.32 bits per heavy atom. The van der Waals surface area contributed by atoms with E-state index in [-0.39, 0.29) is 23.8 Å². The molecular weight excluding hydrogens is 400 g/mol. The maximum absolute atomic E-state index is 13.5. The molecule has 4 rings (SSSR count). The second-order valence-corrected chi connectivity index (χ2v) is 8.60. The van der Waals surface area contributed by atoms with Gasteiger partial charge in [-0.3, -0.25) is 19.7 Å². The lowest BCUT2D eigenvalue weighted by Crippen LogP contribution is -2.56. The number of fused-ring (bicyclic) bond motifs is 1. The van der Waals surface area contributed by atoms with Gasteiger partial charge in [0.2, 0.25) is 11.8 Å². The summed E-state index contributed by atoms with van der Waals surface area (Å²) < 4.78 is 0. The summed E-state index contributed by atoms with van der Waals surface area (Å²) in [4.78, 5) is 40.6. The van der Waals surface area contributed by atoms with Gasteiger partial charge in [-0.2, -0.15) is 0 Å². The van der Waals surface area contributed by atoms with Gasteiger partial charge < -0.3 is 15.3 Å². The maximum atomic E-state index is 13.5. The van der Waals surface area contributed by atoms with Gasteiger partial charge in [0.05, 0.1) is 17.5 Å². The van der Waals surface area contributed by atoms with Crippen LogP contribution in [0.5, 0.6) is 11.5 Å². The number of phenols is 2. The quantitative estimate of drug-likeness (QED) is 0.429. The first-order chi connectivity index (χ1) is 14.7. The van der Waals surface area contributed by atoms with Crippen molar-refractivity contribution in [2.24, 2.45) is 17.8 Å². The largest absolute Gasteiger partial charge is 0.504 e. The van der Waals surface area contributed by atoms with Crippen LogP contribution in [0, 0.1) is 17.8 Å². The van der Waals surface area contributed by atoms with Crippen LogP contribution in [0.2, 0.25) is 0 Å². The predicted octanol–water partition coefficient (Wildman–Crippen LogP) is 2.42. The molecule has 0 saturated carbocycles. The molecule has 31 heavy (non-hydrogen) atoms. The van der Waals surface area contributed by atoms with Crippen LogP contribution in [-0.2, 0) is 14.4 Å². The van der Waals surface area contributed by atoms with Crippen molar-refractivity contribution in [2.75, 3.05) is 4.90 Å². The molecule has 2 saturated heterocycles. The second-order valence-electron chi connectivity index (χ2n) is 8.60. The number of amides is 2. The third kappa shape index (κ3) is 3.14. The number of aromatic hydroxyl groups is 2. The summed E-state index contributed by atoms with van der Waals surface area (Å²) in [7, 11) is 0. The fraction of sp³-hybridized carbons (Fsp3) is 0.348. The minimum absolute atomic E-state index is 0.0649. The average Bonchev–Trinajstić information content (AvgIpc) is 3.19. The van der Waals surface area contributed by atoms with E-state index in [1.54, 1.807) is 30.3 Å². The molecule has 2 heterocycles. The highest BCUT2D eigenvalue weighted by atomic mass is 16.4. The van der Waals surface area contributed by atoms with E-state index >= 15 is 0 Å². The molecule has 4 N–H and O–H groups in total. The van der Waals surface area contributed by atoms with Gasteiger partial charge in [-0.1, -0.05) is 38.1 Å². The van der Waals surface area contributed by atoms with Gasteiger partial charge in [0.25, 0.3) is 0 Å². The van der Waals surface area contributed by atoms with E-state index in [1.807, 2.05) is 13.8 Å². The van der Waals surface area contributed by atoms with Crippen LogP contribution in [0.15, 0.2) is 48.5 Å². The number of carbonyl (C=O) groups excluding carboxylic acids is 2. The molecule has 0 aliphatic carbocycles. The van der Waals surface area contributed by atoms with E-state index in [9.17, 15) is 29.7 Å². The fourth-order valence-electron chi connectivity index (χ4n) is 4.97. The minimum atomic E-state index is -1.65. The second kappa shape index (κ2) is 7.39. The van der Waals surface area contributed by atoms with Crippen LogP contribution < -0.4 is 10.2 Å². The molecule has 2 aromatic rings. The van der Waals surface area contributed by atoms with Gasteiger partial charge in [0.1, 0.15) is 5.54 Å². The van der Waals surface area contributed by atoms with Crippen LogP contribution in [-0.4, -0.2) is 38.6 Å². The van der Waals surface area contributed by atoms with Crippen molar-refractivity contribution in [1.29, 1.82) is 0 Å². The summed E-state index contributed by atoms with van der Waals surface area (Å²) in [6, 6.07) is 11.7. The number of carboxylic acids is 1. The van der Waals surface area contributed by atoms with E-state index in [0.29, 0.717) is 11.3 Å². The number of nitrogens with zero attached hydrogens (tertiary/aromatic N) is 1. The Hall–Kier alpha value is -3.39. The first-order valence-electron chi connectivity index (χ1n) is 10.1. The zero-order valence-electron chi connectivity index (χ0n) is 17.1. The molecular formula is C23H24N2O6. The lowest BCUT2D eigenvalue weighted by Gasteiger charge is -2.32. The maximum Gasteiger partial charge on any atom is 0.324 e. The Balaban J connectivity index is 1.88. The smallest absolute Gasteiger partial charge is 0.324 e. The van der Waals surface area contributed by atoms with Gasteiger partial charge in [0, 0.05) is 6.04 Å². The highest BCUT2D eigenvalue weighted by Crippen LogP contribution is 2.52. The number of hydrogen-bond acceptors (Lipinski definition) is 6. The molecule has 2 aromatic carbocycles. The molecule has 8 heteroatoms. The minimum Gasteiger partial charge on any atom is -0.504 e. The standard InChI is InChI=1S/C23H24N2O6/c1-12(2)11-23(22(30)31)18-17(19(24-23)13-8-9-15(26)16(27)10-13)20(28)25(21(18)29)14-6-4-3-5-7-14/h3-10,12,17-19,24,26-27H,11H2,1-2H3,(H,30,31). The van der Waals surface area contributed by atoms with Crippen LogP contribution in [0.25, 0.3) is 0 Å². The highest BCUT2D eigenvalue weighted by molar-refractivity contribution is 6.24. The van der Waals surface area contributed by atoms with E-state index in [0.717, 1.165) is 4.90 Å². The number of hydrogen-bond donors (Lipinski definition) is 4. The third-order valence-electron chi connectivity index (χ3n) is 6.14. The normalized spacial score (nSPS) is 27.7. The molecule has 0 aromatic heterocycles. The Labute approximate surface area is 179 Å². The summed E-state index contributed by atoms with van der Waals surface area (Å²) in [6.45, 7) is 3.72. The van der Waals surface area contributed by atoms with E-state index < -0.39 is 41.2 Å². The van der Waals surface area contributed by atoms with Gasteiger partial charge >= 0.3 is 5.97 Å². The number of para-hydroxylation sites is 1. The Morgan fingerprint density at radius 2 is 1.74 bits per heavy atom. The number of carboxylic acid groups (broad SMARTS) is 1. The Morgan fingerprint density at radius 1 is 1.06 bits per heavy atom. The molecule has 0 spiro atoms. The zero-order valence-corrected chi connectivity index (χ0v) is 17.1. The van der Waals surface area contributed by atoms with Crippen LogP contribution in [0.1, 0.15) is 31.9 Å².